The highest BCUT2D eigenvalue weighted by Crippen LogP contribution is 2.47. The van der Waals surface area contributed by atoms with Gasteiger partial charge in [-0.2, -0.15) is 0 Å². The van der Waals surface area contributed by atoms with Gasteiger partial charge >= 0.3 is 0 Å². The van der Waals surface area contributed by atoms with Gasteiger partial charge in [0.2, 0.25) is 0 Å². The second kappa shape index (κ2) is 3.97. The molecule has 3 nitrogen and oxygen atoms in total. The molecular formula is C12H20N2O. The van der Waals surface area contributed by atoms with Crippen molar-refractivity contribution in [3.63, 3.8) is 0 Å². The summed E-state index contributed by atoms with van der Waals surface area (Å²) in [7, 11) is 0. The Morgan fingerprint density at radius 1 is 1.53 bits per heavy atom. The molecule has 0 amide bonds. The largest absolute Gasteiger partial charge is 0.448 e. The normalized spacial score (nSPS) is 25.4. The van der Waals surface area contributed by atoms with Gasteiger partial charge in [0.25, 0.3) is 0 Å². The lowest BCUT2D eigenvalue weighted by atomic mass is 9.67. The van der Waals surface area contributed by atoms with E-state index in [1.54, 1.807) is 0 Å². The molecule has 1 saturated carbocycles. The fraction of sp³-hybridized carbons (Fsp3) is 0.750. The number of hydrogen-bond acceptors (Lipinski definition) is 3. The minimum Gasteiger partial charge on any atom is -0.448 e. The third-order valence-corrected chi connectivity index (χ3v) is 3.69. The molecule has 2 rings (SSSR count). The minimum atomic E-state index is 0.321. The third kappa shape index (κ3) is 1.93. The van der Waals surface area contributed by atoms with Crippen LogP contribution in [0.4, 0.5) is 0 Å². The van der Waals surface area contributed by atoms with Gasteiger partial charge in [-0.15, -0.1) is 0 Å². The van der Waals surface area contributed by atoms with Crippen LogP contribution in [0.25, 0.3) is 0 Å². The number of oxazole rings is 1. The Bertz CT molecular complexity index is 330. The molecule has 3 heteroatoms. The second-order valence-electron chi connectivity index (χ2n) is 5.15. The van der Waals surface area contributed by atoms with E-state index in [0.29, 0.717) is 17.9 Å². The van der Waals surface area contributed by atoms with Crippen molar-refractivity contribution in [2.24, 2.45) is 11.1 Å². The SMILES string of the molecule is CC1(C)CCCCC1c1ocnc1CN. The fourth-order valence-corrected chi connectivity index (χ4v) is 2.69. The standard InChI is InChI=1S/C12H20N2O/c1-12(2)6-4-3-5-9(12)11-10(7-13)14-8-15-11/h8-9H,3-7,13H2,1-2H3. The average molecular weight is 208 g/mol. The molecule has 1 heterocycles. The zero-order chi connectivity index (χ0) is 10.9. The predicted molar refractivity (Wildman–Crippen MR) is 59.4 cm³/mol. The molecule has 1 aromatic heterocycles. The van der Waals surface area contributed by atoms with E-state index in [-0.39, 0.29) is 0 Å². The highest BCUT2D eigenvalue weighted by atomic mass is 16.3. The summed E-state index contributed by atoms with van der Waals surface area (Å²) in [6.07, 6.45) is 6.62. The molecule has 1 atom stereocenters. The summed E-state index contributed by atoms with van der Waals surface area (Å²) in [5.41, 5.74) is 6.93. The molecule has 2 N–H and O–H groups in total. The third-order valence-electron chi connectivity index (χ3n) is 3.69. The maximum absolute atomic E-state index is 5.67. The number of nitrogens with zero attached hydrogens (tertiary/aromatic N) is 1. The maximum Gasteiger partial charge on any atom is 0.181 e. The van der Waals surface area contributed by atoms with E-state index in [9.17, 15) is 0 Å². The van der Waals surface area contributed by atoms with Gasteiger partial charge in [-0.1, -0.05) is 26.7 Å². The van der Waals surface area contributed by atoms with Crippen LogP contribution in [0.15, 0.2) is 10.8 Å². The Kier molecular flexibility index (Phi) is 2.83. The molecule has 1 aliphatic carbocycles. The Morgan fingerprint density at radius 3 is 3.00 bits per heavy atom. The monoisotopic (exact) mass is 208 g/mol. The Morgan fingerprint density at radius 2 is 2.33 bits per heavy atom. The van der Waals surface area contributed by atoms with Crippen LogP contribution in [0.2, 0.25) is 0 Å². The fourth-order valence-electron chi connectivity index (χ4n) is 2.69. The summed E-state index contributed by atoms with van der Waals surface area (Å²) < 4.78 is 5.54. The zero-order valence-electron chi connectivity index (χ0n) is 9.62. The van der Waals surface area contributed by atoms with E-state index in [2.05, 4.69) is 18.8 Å². The molecule has 1 fully saturated rings. The van der Waals surface area contributed by atoms with Crippen LogP contribution < -0.4 is 5.73 Å². The van der Waals surface area contributed by atoms with Crippen molar-refractivity contribution in [1.82, 2.24) is 4.98 Å². The van der Waals surface area contributed by atoms with Gasteiger partial charge in [0.15, 0.2) is 6.39 Å². The summed E-state index contributed by atoms with van der Waals surface area (Å²) in [6, 6.07) is 0. The first kappa shape index (κ1) is 10.7. The predicted octanol–water partition coefficient (Wildman–Crippen LogP) is 2.82. The van der Waals surface area contributed by atoms with E-state index in [1.165, 1.54) is 32.1 Å². The number of aromatic nitrogens is 1. The highest BCUT2D eigenvalue weighted by Gasteiger charge is 2.36. The van der Waals surface area contributed by atoms with Crippen molar-refractivity contribution < 1.29 is 4.42 Å². The number of hydrogen-bond donors (Lipinski definition) is 1. The lowest BCUT2D eigenvalue weighted by Gasteiger charge is -2.37. The molecule has 0 aliphatic heterocycles. The summed E-state index contributed by atoms with van der Waals surface area (Å²) in [6.45, 7) is 5.12. The Hall–Kier alpha value is -0.830. The average Bonchev–Trinajstić information content (AvgIpc) is 2.64. The smallest absolute Gasteiger partial charge is 0.181 e. The van der Waals surface area contributed by atoms with Gasteiger partial charge in [-0.05, 0) is 18.3 Å². The quantitative estimate of drug-likeness (QED) is 0.813. The topological polar surface area (TPSA) is 52.0 Å². The van der Waals surface area contributed by atoms with Gasteiger partial charge in [0.1, 0.15) is 5.76 Å². The van der Waals surface area contributed by atoms with E-state index in [0.717, 1.165) is 11.5 Å². The Balaban J connectivity index is 2.28. The van der Waals surface area contributed by atoms with Crippen LogP contribution in [-0.2, 0) is 6.54 Å². The van der Waals surface area contributed by atoms with Gasteiger partial charge in [0.05, 0.1) is 5.69 Å². The van der Waals surface area contributed by atoms with E-state index < -0.39 is 0 Å². The molecule has 84 valence electrons. The van der Waals surface area contributed by atoms with Crippen molar-refractivity contribution in [2.45, 2.75) is 52.0 Å². The van der Waals surface area contributed by atoms with E-state index >= 15 is 0 Å². The van der Waals surface area contributed by atoms with Gasteiger partial charge < -0.3 is 10.2 Å². The van der Waals surface area contributed by atoms with Crippen LogP contribution in [0.3, 0.4) is 0 Å². The molecule has 0 bridgehead atoms. The van der Waals surface area contributed by atoms with Crippen LogP contribution in [-0.4, -0.2) is 4.98 Å². The summed E-state index contributed by atoms with van der Waals surface area (Å²) in [5.74, 6) is 1.52. The lowest BCUT2D eigenvalue weighted by Crippen LogP contribution is -2.26. The summed E-state index contributed by atoms with van der Waals surface area (Å²) in [5, 5.41) is 0. The van der Waals surface area contributed by atoms with Gasteiger partial charge in [-0.3, -0.25) is 0 Å². The van der Waals surface area contributed by atoms with Crippen LogP contribution in [0, 0.1) is 5.41 Å². The van der Waals surface area contributed by atoms with E-state index in [1.807, 2.05) is 0 Å². The first-order chi connectivity index (χ1) is 7.15. The lowest BCUT2D eigenvalue weighted by molar-refractivity contribution is 0.177. The van der Waals surface area contributed by atoms with Crippen LogP contribution >= 0.6 is 0 Å². The molecule has 0 aromatic carbocycles. The van der Waals surface area contributed by atoms with Gasteiger partial charge in [0, 0.05) is 12.5 Å². The Labute approximate surface area is 91.1 Å². The van der Waals surface area contributed by atoms with Crippen molar-refractivity contribution in [2.75, 3.05) is 0 Å². The first-order valence-corrected chi connectivity index (χ1v) is 5.77. The molecule has 1 unspecified atom stereocenters. The molecule has 0 spiro atoms. The first-order valence-electron chi connectivity index (χ1n) is 5.77. The van der Waals surface area contributed by atoms with Crippen molar-refractivity contribution >= 4 is 0 Å². The maximum atomic E-state index is 5.67. The van der Waals surface area contributed by atoms with Crippen molar-refractivity contribution in [3.8, 4) is 0 Å². The highest BCUT2D eigenvalue weighted by molar-refractivity contribution is 5.16. The molecule has 1 aliphatic rings. The molecule has 0 saturated heterocycles. The molecular weight excluding hydrogens is 188 g/mol. The number of rotatable bonds is 2. The minimum absolute atomic E-state index is 0.321. The summed E-state index contributed by atoms with van der Waals surface area (Å²) >= 11 is 0. The van der Waals surface area contributed by atoms with Crippen LogP contribution in [0.5, 0.6) is 0 Å². The number of nitrogens with two attached hydrogens (primary N) is 1. The molecule has 0 radical (unpaired) electrons. The van der Waals surface area contributed by atoms with E-state index in [4.69, 9.17) is 10.2 Å². The second-order valence-corrected chi connectivity index (χ2v) is 5.15. The molecule has 15 heavy (non-hydrogen) atoms. The van der Waals surface area contributed by atoms with Gasteiger partial charge in [-0.25, -0.2) is 4.98 Å². The van der Waals surface area contributed by atoms with Crippen molar-refractivity contribution in [3.05, 3.63) is 17.8 Å². The van der Waals surface area contributed by atoms with Crippen LogP contribution in [0.1, 0.15) is 56.9 Å². The molecule has 1 aromatic rings. The summed E-state index contributed by atoms with van der Waals surface area (Å²) in [4.78, 5) is 4.18. The van der Waals surface area contributed by atoms with Crippen molar-refractivity contribution in [1.29, 1.82) is 0 Å². The zero-order valence-corrected chi connectivity index (χ0v) is 9.62.